The van der Waals surface area contributed by atoms with Crippen LogP contribution in [0.5, 0.6) is 11.5 Å². The second kappa shape index (κ2) is 18.1. The molecule has 0 aliphatic carbocycles. The first kappa shape index (κ1) is 40.1. The quantitative estimate of drug-likeness (QED) is 0.0926. The van der Waals surface area contributed by atoms with Crippen molar-refractivity contribution in [1.29, 1.82) is 0 Å². The molecule has 0 spiro atoms. The summed E-state index contributed by atoms with van der Waals surface area (Å²) >= 11 is 0. The number of aromatic hydroxyl groups is 2. The minimum Gasteiger partial charge on any atom is -0.507 e. The van der Waals surface area contributed by atoms with E-state index < -0.39 is 105 Å². The Morgan fingerprint density at radius 2 is 1.55 bits per heavy atom. The van der Waals surface area contributed by atoms with Crippen molar-refractivity contribution >= 4 is 35.4 Å². The molecule has 3 rings (SSSR count). The normalized spacial score (nSPS) is 16.8. The van der Waals surface area contributed by atoms with Gasteiger partial charge >= 0.3 is 0 Å². The molecule has 12 N–H and O–H groups in total. The van der Waals surface area contributed by atoms with E-state index in [2.05, 4.69) is 31.9 Å². The van der Waals surface area contributed by atoms with Crippen LogP contribution in [0.3, 0.4) is 0 Å². The molecular formula is C32H43N7O12. The SMILES string of the molecule is CN[C@H](CO)C(=O)NCC(=O)NCC(=O)N(C)C1C(=O)NCC(=O)N[C@H](C(=O)NC(CO)(CO)CO)Cc2ccc(O)c(c2)-c2cc1ccc2O. The highest BCUT2D eigenvalue weighted by Gasteiger charge is 2.35. The first-order valence-corrected chi connectivity index (χ1v) is 15.7. The predicted molar refractivity (Wildman–Crippen MR) is 177 cm³/mol. The van der Waals surface area contributed by atoms with Crippen LogP contribution in [0.15, 0.2) is 36.4 Å². The summed E-state index contributed by atoms with van der Waals surface area (Å²) in [7, 11) is 2.70. The number of benzene rings is 2. The van der Waals surface area contributed by atoms with E-state index in [0.29, 0.717) is 5.56 Å². The summed E-state index contributed by atoms with van der Waals surface area (Å²) < 4.78 is 0. The van der Waals surface area contributed by atoms with Gasteiger partial charge in [0.1, 0.15) is 35.2 Å². The first-order valence-electron chi connectivity index (χ1n) is 15.7. The number of phenols is 2. The van der Waals surface area contributed by atoms with Crippen molar-refractivity contribution in [2.75, 3.05) is 60.2 Å². The first-order chi connectivity index (χ1) is 24.2. The number of amides is 6. The summed E-state index contributed by atoms with van der Waals surface area (Å²) in [6, 6.07) is 4.30. The summed E-state index contributed by atoms with van der Waals surface area (Å²) in [5.41, 5.74) is -1.20. The molecule has 0 radical (unpaired) electrons. The van der Waals surface area contributed by atoms with Gasteiger partial charge in [0, 0.05) is 24.6 Å². The van der Waals surface area contributed by atoms with E-state index in [9.17, 15) is 59.4 Å². The molecular weight excluding hydrogens is 674 g/mol. The van der Waals surface area contributed by atoms with Crippen molar-refractivity contribution in [3.05, 3.63) is 47.5 Å². The largest absolute Gasteiger partial charge is 0.507 e. The van der Waals surface area contributed by atoms with Crippen molar-refractivity contribution in [2.45, 2.75) is 30.1 Å². The van der Waals surface area contributed by atoms with Crippen molar-refractivity contribution < 1.29 is 59.4 Å². The number of rotatable bonds is 13. The second-order valence-electron chi connectivity index (χ2n) is 11.8. The van der Waals surface area contributed by atoms with Crippen LogP contribution in [0, 0.1) is 0 Å². The third kappa shape index (κ3) is 10.1. The lowest BCUT2D eigenvalue weighted by atomic mass is 9.93. The third-order valence-corrected chi connectivity index (χ3v) is 8.24. The number of nitrogens with one attached hydrogen (secondary N) is 6. The van der Waals surface area contributed by atoms with Crippen LogP contribution in [0.1, 0.15) is 17.2 Å². The molecule has 19 heteroatoms. The van der Waals surface area contributed by atoms with Gasteiger partial charge in [0.2, 0.25) is 35.4 Å². The van der Waals surface area contributed by atoms with Gasteiger partial charge in [-0.2, -0.15) is 0 Å². The maximum absolute atomic E-state index is 13.6. The fourth-order valence-electron chi connectivity index (χ4n) is 5.09. The van der Waals surface area contributed by atoms with Crippen molar-refractivity contribution in [2.24, 2.45) is 0 Å². The van der Waals surface area contributed by atoms with Gasteiger partial charge in [-0.25, -0.2) is 0 Å². The summed E-state index contributed by atoms with van der Waals surface area (Å²) in [4.78, 5) is 78.6. The van der Waals surface area contributed by atoms with Crippen LogP contribution in [-0.2, 0) is 35.2 Å². The van der Waals surface area contributed by atoms with Crippen LogP contribution in [0.2, 0.25) is 0 Å². The molecule has 3 atom stereocenters. The Bertz CT molecular complexity index is 1600. The monoisotopic (exact) mass is 717 g/mol. The molecule has 0 fully saturated rings. The average Bonchev–Trinajstić information content (AvgIpc) is 3.12. The maximum Gasteiger partial charge on any atom is 0.247 e. The predicted octanol–water partition coefficient (Wildman–Crippen LogP) is -4.93. The second-order valence-corrected chi connectivity index (χ2v) is 11.8. The van der Waals surface area contributed by atoms with Crippen LogP contribution in [0.4, 0.5) is 0 Å². The van der Waals surface area contributed by atoms with E-state index in [4.69, 9.17) is 0 Å². The van der Waals surface area contributed by atoms with E-state index >= 15 is 0 Å². The van der Waals surface area contributed by atoms with Gasteiger partial charge in [-0.3, -0.25) is 28.8 Å². The lowest BCUT2D eigenvalue weighted by Gasteiger charge is -2.31. The number of hydrogen-bond donors (Lipinski definition) is 12. The van der Waals surface area contributed by atoms with E-state index in [1.807, 2.05) is 0 Å². The number of fused-ring (bicyclic) bond motifs is 5. The number of carbonyl (C=O) groups excluding carboxylic acids is 6. The molecule has 1 unspecified atom stereocenters. The summed E-state index contributed by atoms with van der Waals surface area (Å²) in [5.74, 6) is -5.43. The van der Waals surface area contributed by atoms with Crippen LogP contribution < -0.4 is 31.9 Å². The molecule has 51 heavy (non-hydrogen) atoms. The summed E-state index contributed by atoms with van der Waals surface area (Å²) in [5, 5.41) is 74.3. The van der Waals surface area contributed by atoms with Crippen molar-refractivity contribution in [3.63, 3.8) is 0 Å². The number of aliphatic hydroxyl groups is 4. The molecule has 2 aromatic rings. The molecule has 6 amide bonds. The number of phenolic OH excluding ortho intramolecular Hbond substituents is 2. The lowest BCUT2D eigenvalue weighted by Crippen LogP contribution is -2.62. The molecule has 0 aromatic heterocycles. The molecule has 1 aliphatic heterocycles. The zero-order valence-electron chi connectivity index (χ0n) is 27.9. The number of nitrogens with zero attached hydrogens (tertiary/aromatic N) is 1. The van der Waals surface area contributed by atoms with Gasteiger partial charge in [0.15, 0.2) is 0 Å². The van der Waals surface area contributed by atoms with Crippen LogP contribution in [0.25, 0.3) is 11.1 Å². The van der Waals surface area contributed by atoms with E-state index in [1.165, 1.54) is 50.5 Å². The van der Waals surface area contributed by atoms with E-state index in [0.717, 1.165) is 4.90 Å². The Kier molecular flexibility index (Phi) is 14.2. The Labute approximate surface area is 292 Å². The molecule has 1 aliphatic rings. The van der Waals surface area contributed by atoms with Gasteiger partial charge < -0.3 is 67.4 Å². The summed E-state index contributed by atoms with van der Waals surface area (Å²) in [6.45, 7) is -4.84. The molecule has 0 saturated carbocycles. The van der Waals surface area contributed by atoms with Crippen molar-refractivity contribution in [3.8, 4) is 22.6 Å². The number of carbonyl (C=O) groups is 6. The molecule has 0 saturated heterocycles. The number of hydrogen-bond acceptors (Lipinski definition) is 13. The topological polar surface area (TPSA) is 299 Å². The van der Waals surface area contributed by atoms with Crippen LogP contribution in [-0.4, -0.2) is 149 Å². The molecule has 1 heterocycles. The van der Waals surface area contributed by atoms with E-state index in [1.54, 1.807) is 0 Å². The Balaban J connectivity index is 1.95. The van der Waals surface area contributed by atoms with Gasteiger partial charge in [-0.05, 0) is 42.4 Å². The average molecular weight is 718 g/mol. The fourth-order valence-corrected chi connectivity index (χ4v) is 5.09. The molecule has 4 bridgehead atoms. The zero-order chi connectivity index (χ0) is 37.9. The highest BCUT2D eigenvalue weighted by molar-refractivity contribution is 5.95. The lowest BCUT2D eigenvalue weighted by molar-refractivity contribution is -0.140. The Morgan fingerprint density at radius 3 is 2.16 bits per heavy atom. The third-order valence-electron chi connectivity index (χ3n) is 8.24. The van der Waals surface area contributed by atoms with Crippen LogP contribution >= 0.6 is 0 Å². The minimum absolute atomic E-state index is 0.0410. The number of aliphatic hydroxyl groups excluding tert-OH is 4. The highest BCUT2D eigenvalue weighted by Crippen LogP contribution is 2.38. The highest BCUT2D eigenvalue weighted by atomic mass is 16.3. The van der Waals surface area contributed by atoms with E-state index in [-0.39, 0.29) is 34.6 Å². The molecule has 278 valence electrons. The molecule has 19 nitrogen and oxygen atoms in total. The Hall–Kier alpha value is -5.34. The molecule has 2 aromatic carbocycles. The minimum atomic E-state index is -1.82. The number of likely N-dealkylation sites (N-methyl/N-ethyl adjacent to an activating group) is 2. The standard InChI is InChI=1S/C32H43N7O12/c1-33-22(13-40)29(49)35-10-25(46)34-12-27(48)39(2)28-18-4-6-24(45)20(9-18)19-7-17(3-5-23(19)44)8-21(37-26(47)11-36-31(28)51)30(50)38-32(14-41,15-42)16-43/h3-7,9,21-22,28,33,40-45H,8,10-16H2,1-2H3,(H,34,46)(H,35,49)(H,36,51)(H,37,47)(H,38,50)/t21-,22+,28?/m0/s1. The maximum atomic E-state index is 13.6. The van der Waals surface area contributed by atoms with Gasteiger partial charge in [-0.15, -0.1) is 0 Å². The van der Waals surface area contributed by atoms with Crippen molar-refractivity contribution in [1.82, 2.24) is 36.8 Å². The van der Waals surface area contributed by atoms with Gasteiger partial charge in [0.05, 0.1) is 46.1 Å². The fraction of sp³-hybridized carbons (Fsp3) is 0.438. The zero-order valence-corrected chi connectivity index (χ0v) is 27.9. The summed E-state index contributed by atoms with van der Waals surface area (Å²) in [6.07, 6.45) is -0.204. The Morgan fingerprint density at radius 1 is 0.922 bits per heavy atom. The van der Waals surface area contributed by atoms with Gasteiger partial charge in [-0.1, -0.05) is 12.1 Å². The smallest absolute Gasteiger partial charge is 0.247 e. The van der Waals surface area contributed by atoms with Gasteiger partial charge in [0.25, 0.3) is 0 Å².